The fraction of sp³-hybridized carbons (Fsp3) is 0.667. The maximum atomic E-state index is 9.36. The van der Waals surface area contributed by atoms with E-state index < -0.39 is 0 Å². The van der Waals surface area contributed by atoms with Crippen molar-refractivity contribution in [3.05, 3.63) is 35.4 Å². The van der Waals surface area contributed by atoms with Crippen LogP contribution in [0.3, 0.4) is 0 Å². The van der Waals surface area contributed by atoms with Gasteiger partial charge in [-0.05, 0) is 34.8 Å². The smallest absolute Gasteiger partial charge is 0.0446 e. The lowest BCUT2D eigenvalue weighted by Crippen LogP contribution is -2.45. The first kappa shape index (κ1) is 15.5. The molecule has 1 aromatic carbocycles. The van der Waals surface area contributed by atoms with Gasteiger partial charge in [-0.25, -0.2) is 0 Å². The van der Waals surface area contributed by atoms with Crippen molar-refractivity contribution in [1.29, 1.82) is 0 Å². The summed E-state index contributed by atoms with van der Waals surface area (Å²) in [6.45, 7) is 11.6. The van der Waals surface area contributed by atoms with Crippen molar-refractivity contribution in [2.75, 3.05) is 6.61 Å². The summed E-state index contributed by atoms with van der Waals surface area (Å²) >= 11 is 0. The topological polar surface area (TPSA) is 32.3 Å². The van der Waals surface area contributed by atoms with E-state index in [1.807, 2.05) is 0 Å². The summed E-state index contributed by atoms with van der Waals surface area (Å²) in [5.41, 5.74) is 3.27. The molecule has 0 saturated carbocycles. The Kier molecular flexibility index (Phi) is 4.27. The average molecular weight is 275 g/mol. The van der Waals surface area contributed by atoms with Crippen LogP contribution in [-0.2, 0) is 6.42 Å². The summed E-state index contributed by atoms with van der Waals surface area (Å²) in [5, 5.41) is 13.2. The molecular formula is C18H29NO. The van der Waals surface area contributed by atoms with E-state index in [0.29, 0.717) is 12.1 Å². The highest BCUT2D eigenvalue weighted by atomic mass is 16.3. The van der Waals surface area contributed by atoms with Gasteiger partial charge in [0.05, 0.1) is 0 Å². The van der Waals surface area contributed by atoms with Crippen LogP contribution in [0.25, 0.3) is 0 Å². The molecule has 1 aliphatic rings. The Morgan fingerprint density at radius 3 is 2.55 bits per heavy atom. The molecule has 1 aromatic rings. The number of hydrogen-bond donors (Lipinski definition) is 2. The van der Waals surface area contributed by atoms with Crippen LogP contribution in [0.4, 0.5) is 0 Å². The molecule has 2 rings (SSSR count). The van der Waals surface area contributed by atoms with E-state index in [2.05, 4.69) is 64.2 Å². The first-order chi connectivity index (χ1) is 9.25. The molecule has 0 heterocycles. The zero-order valence-electron chi connectivity index (χ0n) is 13.5. The van der Waals surface area contributed by atoms with Gasteiger partial charge >= 0.3 is 0 Å². The molecule has 0 bridgehead atoms. The Balaban J connectivity index is 2.26. The Labute approximate surface area is 123 Å². The van der Waals surface area contributed by atoms with Crippen molar-refractivity contribution in [2.45, 2.75) is 59.5 Å². The van der Waals surface area contributed by atoms with Gasteiger partial charge in [-0.1, -0.05) is 58.9 Å². The van der Waals surface area contributed by atoms with Crippen LogP contribution >= 0.6 is 0 Å². The number of aliphatic hydroxyl groups excluding tert-OH is 1. The fourth-order valence-electron chi connectivity index (χ4n) is 3.40. The van der Waals surface area contributed by atoms with E-state index in [-0.39, 0.29) is 17.4 Å². The van der Waals surface area contributed by atoms with Gasteiger partial charge in [0.15, 0.2) is 0 Å². The molecule has 1 aliphatic carbocycles. The fourth-order valence-corrected chi connectivity index (χ4v) is 3.40. The third-order valence-corrected chi connectivity index (χ3v) is 4.62. The summed E-state index contributed by atoms with van der Waals surface area (Å²) in [4.78, 5) is 0. The predicted molar refractivity (Wildman–Crippen MR) is 84.7 cm³/mol. The number of aliphatic hydroxyl groups is 1. The summed E-state index contributed by atoms with van der Waals surface area (Å²) in [5.74, 6) is 0. The lowest BCUT2D eigenvalue weighted by atomic mass is 9.80. The summed E-state index contributed by atoms with van der Waals surface area (Å²) < 4.78 is 0. The van der Waals surface area contributed by atoms with E-state index in [9.17, 15) is 5.11 Å². The number of nitrogens with one attached hydrogen (secondary N) is 1. The van der Waals surface area contributed by atoms with Crippen LogP contribution in [0, 0.1) is 10.8 Å². The van der Waals surface area contributed by atoms with Crippen LogP contribution in [0.5, 0.6) is 0 Å². The molecule has 2 N–H and O–H groups in total. The number of benzene rings is 1. The quantitative estimate of drug-likeness (QED) is 0.878. The highest BCUT2D eigenvalue weighted by Gasteiger charge is 2.40. The van der Waals surface area contributed by atoms with Gasteiger partial charge in [-0.15, -0.1) is 0 Å². The van der Waals surface area contributed by atoms with Gasteiger partial charge in [0.25, 0.3) is 0 Å². The third kappa shape index (κ3) is 3.07. The zero-order chi connectivity index (χ0) is 15.0. The lowest BCUT2D eigenvalue weighted by Gasteiger charge is -2.38. The molecule has 2 nitrogen and oxygen atoms in total. The van der Waals surface area contributed by atoms with E-state index in [1.54, 1.807) is 0 Å². The summed E-state index contributed by atoms with van der Waals surface area (Å²) in [7, 11) is 0. The maximum Gasteiger partial charge on any atom is 0.0446 e. The van der Waals surface area contributed by atoms with Gasteiger partial charge in [-0.2, -0.15) is 0 Å². The molecule has 20 heavy (non-hydrogen) atoms. The van der Waals surface area contributed by atoms with E-state index in [1.165, 1.54) is 11.1 Å². The van der Waals surface area contributed by atoms with Gasteiger partial charge in [0.2, 0.25) is 0 Å². The normalized spacial score (nSPS) is 22.6. The molecule has 112 valence electrons. The summed E-state index contributed by atoms with van der Waals surface area (Å²) in [6.07, 6.45) is 1.93. The maximum absolute atomic E-state index is 9.36. The SMILES string of the molecule is CC(C)(C)C(CCO)NC1c2ccccc2CC1(C)C. The van der Waals surface area contributed by atoms with E-state index in [4.69, 9.17) is 0 Å². The van der Waals surface area contributed by atoms with Crippen molar-refractivity contribution in [2.24, 2.45) is 10.8 Å². The monoisotopic (exact) mass is 275 g/mol. The van der Waals surface area contributed by atoms with Crippen LogP contribution in [0.15, 0.2) is 24.3 Å². The Hall–Kier alpha value is -0.860. The van der Waals surface area contributed by atoms with Gasteiger partial charge in [-0.3, -0.25) is 0 Å². The molecule has 0 aromatic heterocycles. The first-order valence-electron chi connectivity index (χ1n) is 7.70. The molecule has 0 fully saturated rings. The van der Waals surface area contributed by atoms with Gasteiger partial charge in [0, 0.05) is 18.7 Å². The first-order valence-corrected chi connectivity index (χ1v) is 7.70. The van der Waals surface area contributed by atoms with E-state index >= 15 is 0 Å². The van der Waals surface area contributed by atoms with Crippen LogP contribution in [0.1, 0.15) is 58.2 Å². The number of rotatable bonds is 4. The second-order valence-corrected chi connectivity index (χ2v) is 7.89. The van der Waals surface area contributed by atoms with Crippen LogP contribution in [0.2, 0.25) is 0 Å². The van der Waals surface area contributed by atoms with Crippen molar-refractivity contribution >= 4 is 0 Å². The second-order valence-electron chi connectivity index (χ2n) is 7.89. The highest BCUT2D eigenvalue weighted by Crippen LogP contribution is 2.46. The lowest BCUT2D eigenvalue weighted by molar-refractivity contribution is 0.153. The molecule has 0 spiro atoms. The third-order valence-electron chi connectivity index (χ3n) is 4.62. The summed E-state index contributed by atoms with van der Waals surface area (Å²) in [6, 6.07) is 9.45. The standard InChI is InChI=1S/C18H29NO/c1-17(2,3)15(10-11-20)19-16-14-9-7-6-8-13(14)12-18(16,4)5/h6-9,15-16,19-20H,10-12H2,1-5H3. The predicted octanol–water partition coefficient (Wildman–Crippen LogP) is 3.70. The van der Waals surface area contributed by atoms with Gasteiger partial charge < -0.3 is 10.4 Å². The van der Waals surface area contributed by atoms with Gasteiger partial charge in [0.1, 0.15) is 0 Å². The van der Waals surface area contributed by atoms with Crippen molar-refractivity contribution in [3.8, 4) is 0 Å². The van der Waals surface area contributed by atoms with E-state index in [0.717, 1.165) is 12.8 Å². The molecule has 2 unspecified atom stereocenters. The second kappa shape index (κ2) is 5.50. The Morgan fingerprint density at radius 2 is 1.95 bits per heavy atom. The molecule has 0 radical (unpaired) electrons. The minimum atomic E-state index is 0.149. The van der Waals surface area contributed by atoms with Crippen LogP contribution < -0.4 is 5.32 Å². The molecule has 2 atom stereocenters. The van der Waals surface area contributed by atoms with Crippen molar-refractivity contribution in [1.82, 2.24) is 5.32 Å². The molecule has 2 heteroatoms. The molecule has 0 aliphatic heterocycles. The average Bonchev–Trinajstić information content (AvgIpc) is 2.58. The number of hydrogen-bond acceptors (Lipinski definition) is 2. The Bertz CT molecular complexity index is 459. The molecule has 0 amide bonds. The minimum Gasteiger partial charge on any atom is -0.396 e. The largest absolute Gasteiger partial charge is 0.396 e. The highest BCUT2D eigenvalue weighted by molar-refractivity contribution is 5.37. The van der Waals surface area contributed by atoms with Crippen molar-refractivity contribution < 1.29 is 5.11 Å². The Morgan fingerprint density at radius 1 is 1.30 bits per heavy atom. The zero-order valence-corrected chi connectivity index (χ0v) is 13.5. The van der Waals surface area contributed by atoms with Crippen molar-refractivity contribution in [3.63, 3.8) is 0 Å². The molecular weight excluding hydrogens is 246 g/mol. The number of fused-ring (bicyclic) bond motifs is 1. The van der Waals surface area contributed by atoms with Crippen LogP contribution in [-0.4, -0.2) is 17.8 Å². The molecule has 0 saturated heterocycles. The minimum absolute atomic E-state index is 0.149.